The van der Waals surface area contributed by atoms with Gasteiger partial charge in [0.1, 0.15) is 0 Å². The van der Waals surface area contributed by atoms with Gasteiger partial charge in [-0.15, -0.1) is 0 Å². The van der Waals surface area contributed by atoms with E-state index in [1.165, 1.54) is 40.8 Å². The number of aromatic nitrogens is 1. The molecule has 0 amide bonds. The second kappa shape index (κ2) is 5.94. The predicted molar refractivity (Wildman–Crippen MR) is 99.5 cm³/mol. The molecule has 0 radical (unpaired) electrons. The minimum atomic E-state index is -1.07. The van der Waals surface area contributed by atoms with Crippen LogP contribution in [-0.2, 0) is 40.8 Å². The fraction of sp³-hybridized carbons (Fsp3) is 0.381. The highest BCUT2D eigenvalue weighted by Crippen LogP contribution is 2.39. The average Bonchev–Trinajstić information content (AvgIpc) is 3.42. The number of anilines is 1. The van der Waals surface area contributed by atoms with Gasteiger partial charge in [-0.3, -0.25) is 9.78 Å². The third-order valence-corrected chi connectivity index (χ3v) is 5.78. The van der Waals surface area contributed by atoms with Gasteiger partial charge in [-0.2, -0.15) is 0 Å². The largest absolute Gasteiger partial charge is 0.444 e. The highest BCUT2D eigenvalue weighted by Gasteiger charge is 2.41. The van der Waals surface area contributed by atoms with Gasteiger partial charge < -0.3 is 10.1 Å². The van der Waals surface area contributed by atoms with Crippen molar-refractivity contribution in [2.24, 2.45) is 4.99 Å². The molecule has 0 saturated carbocycles. The van der Waals surface area contributed by atoms with Gasteiger partial charge in [0.2, 0.25) is 5.60 Å². The van der Waals surface area contributed by atoms with Crippen molar-refractivity contribution in [3.05, 3.63) is 58.4 Å². The van der Waals surface area contributed by atoms with Gasteiger partial charge >= 0.3 is 0 Å². The van der Waals surface area contributed by atoms with E-state index in [2.05, 4.69) is 21.4 Å². The average molecular weight is 347 g/mol. The lowest BCUT2D eigenvalue weighted by molar-refractivity contribution is -0.121. The van der Waals surface area contributed by atoms with Crippen LogP contribution in [0, 0.1) is 0 Å². The van der Waals surface area contributed by atoms with E-state index >= 15 is 0 Å². The summed E-state index contributed by atoms with van der Waals surface area (Å²) in [5, 5.41) is 3.45. The molecule has 5 nitrogen and oxygen atoms in total. The van der Waals surface area contributed by atoms with E-state index < -0.39 is 5.60 Å². The van der Waals surface area contributed by atoms with Crippen molar-refractivity contribution in [2.75, 3.05) is 11.9 Å². The molecule has 0 saturated heterocycles. The van der Waals surface area contributed by atoms with Crippen molar-refractivity contribution in [1.82, 2.24) is 4.98 Å². The van der Waals surface area contributed by atoms with Crippen LogP contribution < -0.4 is 5.32 Å². The Balaban J connectivity index is 1.46. The molecule has 1 unspecified atom stereocenters. The van der Waals surface area contributed by atoms with Gasteiger partial charge in [0, 0.05) is 23.6 Å². The van der Waals surface area contributed by atoms with Crippen LogP contribution in [0.5, 0.6) is 0 Å². The monoisotopic (exact) mass is 347 g/mol. The maximum Gasteiger partial charge on any atom is 0.290 e. The van der Waals surface area contributed by atoms with Crippen molar-refractivity contribution in [1.29, 1.82) is 0 Å². The summed E-state index contributed by atoms with van der Waals surface area (Å²) in [6.45, 7) is 0.280. The Morgan fingerprint density at radius 3 is 2.54 bits per heavy atom. The number of ether oxygens (including phenoxy) is 1. The first-order chi connectivity index (χ1) is 12.8. The number of benzene rings is 1. The zero-order chi connectivity index (χ0) is 17.6. The predicted octanol–water partition coefficient (Wildman–Crippen LogP) is 2.95. The third-order valence-electron chi connectivity index (χ3n) is 5.78. The molecule has 2 aromatic rings. The Kier molecular flexibility index (Phi) is 3.55. The Labute approximate surface area is 152 Å². The van der Waals surface area contributed by atoms with Crippen LogP contribution in [0.4, 0.5) is 5.69 Å². The molecule has 132 valence electrons. The van der Waals surface area contributed by atoms with Gasteiger partial charge in [-0.1, -0.05) is 12.1 Å². The molecule has 1 N–H and O–H groups in total. The Morgan fingerprint density at radius 2 is 1.88 bits per heavy atom. The standard InChI is InChI=1S/C21H21N3O2/c25-13-21(16-6-3-9-22-11-16)12-23-20(26-21)24-19-17-7-1-4-14(17)10-15-5-2-8-18(15)19/h3,6,9-11,13H,1-2,4-5,7-8,12H2,(H,23,24). The highest BCUT2D eigenvalue weighted by molar-refractivity contribution is 5.95. The van der Waals surface area contributed by atoms with Crippen LogP contribution in [0.25, 0.3) is 0 Å². The second-order valence-electron chi connectivity index (χ2n) is 7.33. The second-order valence-corrected chi connectivity index (χ2v) is 7.33. The first-order valence-electron chi connectivity index (χ1n) is 9.33. The quantitative estimate of drug-likeness (QED) is 0.867. The van der Waals surface area contributed by atoms with E-state index in [1.807, 2.05) is 12.1 Å². The number of nitrogens with zero attached hydrogens (tertiary/aromatic N) is 2. The number of hydrogen-bond donors (Lipinski definition) is 1. The van der Waals surface area contributed by atoms with Gasteiger partial charge in [0.05, 0.1) is 6.54 Å². The number of carbonyl (C=O) groups is 1. The van der Waals surface area contributed by atoms with Crippen LogP contribution in [0.2, 0.25) is 0 Å². The minimum Gasteiger partial charge on any atom is -0.444 e. The molecule has 2 heterocycles. The van der Waals surface area contributed by atoms with E-state index in [0.717, 1.165) is 37.5 Å². The molecule has 5 rings (SSSR count). The Hall–Kier alpha value is -2.69. The molecule has 3 aliphatic rings. The lowest BCUT2D eigenvalue weighted by Crippen LogP contribution is -2.33. The Bertz CT molecular complexity index is 875. The number of fused-ring (bicyclic) bond motifs is 2. The van der Waals surface area contributed by atoms with Gasteiger partial charge in [0.25, 0.3) is 6.02 Å². The first kappa shape index (κ1) is 15.6. The molecule has 2 aliphatic carbocycles. The van der Waals surface area contributed by atoms with Gasteiger partial charge in [-0.25, -0.2) is 4.99 Å². The topological polar surface area (TPSA) is 63.6 Å². The number of aliphatic imine (C=N–C) groups is 1. The zero-order valence-corrected chi connectivity index (χ0v) is 14.6. The minimum absolute atomic E-state index is 0.280. The number of rotatable bonds is 3. The van der Waals surface area contributed by atoms with Crippen LogP contribution in [-0.4, -0.2) is 23.8 Å². The number of aryl methyl sites for hydroxylation is 2. The van der Waals surface area contributed by atoms with Crippen molar-refractivity contribution in [3.8, 4) is 0 Å². The molecule has 5 heteroatoms. The molecule has 0 bridgehead atoms. The lowest BCUT2D eigenvalue weighted by Gasteiger charge is -2.23. The number of aldehydes is 1. The van der Waals surface area contributed by atoms with Crippen molar-refractivity contribution >= 4 is 18.0 Å². The van der Waals surface area contributed by atoms with Crippen LogP contribution >= 0.6 is 0 Å². The maximum atomic E-state index is 11.8. The molecule has 1 atom stereocenters. The number of amidine groups is 1. The molecular formula is C21H21N3O2. The van der Waals surface area contributed by atoms with E-state index in [-0.39, 0.29) is 6.54 Å². The summed E-state index contributed by atoms with van der Waals surface area (Å²) < 4.78 is 6.04. The fourth-order valence-electron chi connectivity index (χ4n) is 4.46. The summed E-state index contributed by atoms with van der Waals surface area (Å²) in [7, 11) is 0. The van der Waals surface area contributed by atoms with Gasteiger partial charge in [-0.05, 0) is 66.8 Å². The summed E-state index contributed by atoms with van der Waals surface area (Å²) in [4.78, 5) is 20.5. The van der Waals surface area contributed by atoms with Crippen molar-refractivity contribution in [2.45, 2.75) is 44.1 Å². The molecule has 1 aromatic carbocycles. The molecule has 1 aromatic heterocycles. The highest BCUT2D eigenvalue weighted by atomic mass is 16.5. The molecule has 0 spiro atoms. The third kappa shape index (κ3) is 2.34. The maximum absolute atomic E-state index is 11.8. The van der Waals surface area contributed by atoms with Gasteiger partial charge in [0.15, 0.2) is 6.29 Å². The van der Waals surface area contributed by atoms with E-state index in [1.54, 1.807) is 12.4 Å². The summed E-state index contributed by atoms with van der Waals surface area (Å²) in [6.07, 6.45) is 11.1. The Morgan fingerprint density at radius 1 is 1.12 bits per heavy atom. The zero-order valence-electron chi connectivity index (χ0n) is 14.6. The number of nitrogens with one attached hydrogen (secondary N) is 1. The summed E-state index contributed by atoms with van der Waals surface area (Å²) >= 11 is 0. The van der Waals surface area contributed by atoms with Crippen molar-refractivity contribution < 1.29 is 9.53 Å². The van der Waals surface area contributed by atoms with E-state index in [0.29, 0.717) is 6.02 Å². The van der Waals surface area contributed by atoms with E-state index in [9.17, 15) is 4.79 Å². The van der Waals surface area contributed by atoms with Crippen LogP contribution in [0.3, 0.4) is 0 Å². The van der Waals surface area contributed by atoms with Crippen LogP contribution in [0.1, 0.15) is 40.7 Å². The van der Waals surface area contributed by atoms with Crippen molar-refractivity contribution in [3.63, 3.8) is 0 Å². The number of pyridine rings is 1. The fourth-order valence-corrected chi connectivity index (χ4v) is 4.46. The smallest absolute Gasteiger partial charge is 0.290 e. The molecule has 26 heavy (non-hydrogen) atoms. The van der Waals surface area contributed by atoms with E-state index in [4.69, 9.17) is 4.74 Å². The first-order valence-corrected chi connectivity index (χ1v) is 9.33. The summed E-state index contributed by atoms with van der Waals surface area (Å²) in [6, 6.07) is 6.51. The normalized spacial score (nSPS) is 23.2. The van der Waals surface area contributed by atoms with Crippen LogP contribution in [0.15, 0.2) is 35.6 Å². The summed E-state index contributed by atoms with van der Waals surface area (Å²) in [5.74, 6) is 0. The SMILES string of the molecule is O=CC1(c2cccnc2)CN=C(Nc2c3c(cc4c2CCC4)CCC3)O1. The summed E-state index contributed by atoms with van der Waals surface area (Å²) in [5.41, 5.74) is 6.57. The molecular weight excluding hydrogens is 326 g/mol. The lowest BCUT2D eigenvalue weighted by atomic mass is 9.97. The number of hydrogen-bond acceptors (Lipinski definition) is 5. The number of carbonyl (C=O) groups excluding carboxylic acids is 1. The molecule has 0 fully saturated rings. The molecule has 1 aliphatic heterocycles.